The van der Waals surface area contributed by atoms with E-state index >= 15 is 0 Å². The van der Waals surface area contributed by atoms with Crippen molar-refractivity contribution in [2.24, 2.45) is 11.7 Å². The van der Waals surface area contributed by atoms with E-state index in [1.807, 2.05) is 0 Å². The highest BCUT2D eigenvalue weighted by Gasteiger charge is 2.24. The van der Waals surface area contributed by atoms with Gasteiger partial charge in [0.05, 0.1) is 0 Å². The first-order valence-corrected chi connectivity index (χ1v) is 7.63. The smallest absolute Gasteiger partial charge is 0.0329 e. The van der Waals surface area contributed by atoms with E-state index in [0.717, 1.165) is 6.42 Å². The van der Waals surface area contributed by atoms with Gasteiger partial charge in [-0.1, -0.05) is 54.1 Å². The summed E-state index contributed by atoms with van der Waals surface area (Å²) < 4.78 is 0. The molecule has 2 N–H and O–H groups in total. The minimum atomic E-state index is 0.176. The maximum absolute atomic E-state index is 6.57. The molecule has 0 radical (unpaired) electrons. The molecule has 2 aromatic rings. The first kappa shape index (κ1) is 13.4. The molecule has 1 nitrogen and oxygen atoms in total. The summed E-state index contributed by atoms with van der Waals surface area (Å²) in [6.07, 6.45) is 4.75. The molecular weight excluding hydrogens is 242 g/mol. The normalized spacial score (nSPS) is 22.1. The van der Waals surface area contributed by atoms with E-state index in [2.05, 4.69) is 55.5 Å². The summed E-state index contributed by atoms with van der Waals surface area (Å²) in [4.78, 5) is 0. The van der Waals surface area contributed by atoms with Crippen LogP contribution in [0.25, 0.3) is 0 Å². The molecule has 1 heteroatoms. The van der Waals surface area contributed by atoms with Crippen LogP contribution in [0.15, 0.2) is 48.5 Å². The van der Waals surface area contributed by atoms with Crippen LogP contribution in [0.5, 0.6) is 0 Å². The summed E-state index contributed by atoms with van der Waals surface area (Å²) in [5.74, 6) is 0.557. The van der Waals surface area contributed by atoms with Gasteiger partial charge in [-0.2, -0.15) is 0 Å². The van der Waals surface area contributed by atoms with E-state index in [9.17, 15) is 0 Å². The number of nitrogens with two attached hydrogens (primary N) is 1. The Hall–Kier alpha value is -1.60. The Kier molecular flexibility index (Phi) is 3.88. The summed E-state index contributed by atoms with van der Waals surface area (Å²) >= 11 is 0. The van der Waals surface area contributed by atoms with E-state index in [1.165, 1.54) is 41.5 Å². The van der Waals surface area contributed by atoms with Gasteiger partial charge in [0.1, 0.15) is 0 Å². The molecule has 0 spiro atoms. The van der Waals surface area contributed by atoms with Crippen LogP contribution in [0.3, 0.4) is 0 Å². The SMILES string of the molecule is Cc1ccc(CC2CCCc3ccccc3C2N)cc1. The number of rotatable bonds is 2. The van der Waals surface area contributed by atoms with Crippen LogP contribution in [-0.2, 0) is 12.8 Å². The number of aryl methyl sites for hydroxylation is 2. The predicted molar refractivity (Wildman–Crippen MR) is 84.7 cm³/mol. The third kappa shape index (κ3) is 2.78. The van der Waals surface area contributed by atoms with Crippen molar-refractivity contribution in [3.8, 4) is 0 Å². The Balaban J connectivity index is 1.82. The van der Waals surface area contributed by atoms with E-state index in [0.29, 0.717) is 5.92 Å². The zero-order valence-corrected chi connectivity index (χ0v) is 12.2. The van der Waals surface area contributed by atoms with Gasteiger partial charge in [-0.3, -0.25) is 0 Å². The fraction of sp³-hybridized carbons (Fsp3) is 0.368. The monoisotopic (exact) mass is 265 g/mol. The van der Waals surface area contributed by atoms with Crippen molar-refractivity contribution in [2.45, 2.75) is 38.6 Å². The van der Waals surface area contributed by atoms with Crippen LogP contribution in [0.4, 0.5) is 0 Å². The highest BCUT2D eigenvalue weighted by molar-refractivity contribution is 5.32. The summed E-state index contributed by atoms with van der Waals surface area (Å²) in [5.41, 5.74) is 12.1. The second-order valence-electron chi connectivity index (χ2n) is 6.07. The lowest BCUT2D eigenvalue weighted by molar-refractivity contribution is 0.402. The molecule has 2 aromatic carbocycles. The first-order valence-electron chi connectivity index (χ1n) is 7.63. The van der Waals surface area contributed by atoms with Gasteiger partial charge in [0.15, 0.2) is 0 Å². The van der Waals surface area contributed by atoms with E-state index in [-0.39, 0.29) is 6.04 Å². The number of fused-ring (bicyclic) bond motifs is 1. The molecule has 1 aliphatic carbocycles. The van der Waals surface area contributed by atoms with Crippen LogP contribution < -0.4 is 5.73 Å². The quantitative estimate of drug-likeness (QED) is 0.810. The summed E-state index contributed by atoms with van der Waals surface area (Å²) in [5, 5.41) is 0. The predicted octanol–water partition coefficient (Wildman–Crippen LogP) is 4.19. The van der Waals surface area contributed by atoms with Crippen molar-refractivity contribution in [2.75, 3.05) is 0 Å². The van der Waals surface area contributed by atoms with E-state index in [4.69, 9.17) is 5.73 Å². The van der Waals surface area contributed by atoms with Gasteiger partial charge in [0.2, 0.25) is 0 Å². The third-order valence-electron chi connectivity index (χ3n) is 4.56. The Bertz CT molecular complexity index is 571. The first-order chi connectivity index (χ1) is 9.74. The molecule has 0 saturated carbocycles. The lowest BCUT2D eigenvalue weighted by Gasteiger charge is -2.23. The van der Waals surface area contributed by atoms with Crippen LogP contribution in [0.2, 0.25) is 0 Å². The lowest BCUT2D eigenvalue weighted by atomic mass is 9.86. The van der Waals surface area contributed by atoms with Crippen molar-refractivity contribution in [3.63, 3.8) is 0 Å². The zero-order valence-electron chi connectivity index (χ0n) is 12.2. The molecule has 0 amide bonds. The molecule has 0 fully saturated rings. The minimum absolute atomic E-state index is 0.176. The zero-order chi connectivity index (χ0) is 13.9. The fourth-order valence-corrected chi connectivity index (χ4v) is 3.33. The molecule has 2 unspecified atom stereocenters. The van der Waals surface area contributed by atoms with Crippen LogP contribution in [-0.4, -0.2) is 0 Å². The topological polar surface area (TPSA) is 26.0 Å². The van der Waals surface area contributed by atoms with Crippen molar-refractivity contribution in [1.82, 2.24) is 0 Å². The summed E-state index contributed by atoms with van der Waals surface area (Å²) in [7, 11) is 0. The van der Waals surface area contributed by atoms with Gasteiger partial charge < -0.3 is 5.73 Å². The molecule has 1 aliphatic rings. The van der Waals surface area contributed by atoms with Crippen molar-refractivity contribution >= 4 is 0 Å². The Labute approximate surface area is 121 Å². The highest BCUT2D eigenvalue weighted by atomic mass is 14.7. The molecule has 2 atom stereocenters. The molecule has 0 heterocycles. The number of benzene rings is 2. The lowest BCUT2D eigenvalue weighted by Crippen LogP contribution is -2.22. The fourth-order valence-electron chi connectivity index (χ4n) is 3.33. The second kappa shape index (κ2) is 5.80. The van der Waals surface area contributed by atoms with Crippen LogP contribution in [0, 0.1) is 12.8 Å². The highest BCUT2D eigenvalue weighted by Crippen LogP contribution is 2.33. The molecular formula is C19H23N. The minimum Gasteiger partial charge on any atom is -0.324 e. The molecule has 104 valence electrons. The van der Waals surface area contributed by atoms with Gasteiger partial charge in [-0.25, -0.2) is 0 Å². The standard InChI is InChI=1S/C19H23N/c1-14-9-11-15(12-10-14)13-17-7-4-6-16-5-2-3-8-18(16)19(17)20/h2-3,5,8-12,17,19H,4,6-7,13,20H2,1H3. The largest absolute Gasteiger partial charge is 0.324 e. The maximum atomic E-state index is 6.57. The average Bonchev–Trinajstić information content (AvgIpc) is 2.62. The molecule has 20 heavy (non-hydrogen) atoms. The van der Waals surface area contributed by atoms with Crippen LogP contribution >= 0.6 is 0 Å². The molecule has 3 rings (SSSR count). The molecule has 0 bridgehead atoms. The second-order valence-corrected chi connectivity index (χ2v) is 6.07. The van der Waals surface area contributed by atoms with Crippen molar-refractivity contribution in [3.05, 3.63) is 70.8 Å². The molecule has 0 saturated heterocycles. The van der Waals surface area contributed by atoms with E-state index < -0.39 is 0 Å². The maximum Gasteiger partial charge on any atom is 0.0329 e. The summed E-state index contributed by atoms with van der Waals surface area (Å²) in [6.45, 7) is 2.14. The van der Waals surface area contributed by atoms with Gasteiger partial charge in [0, 0.05) is 6.04 Å². The van der Waals surface area contributed by atoms with E-state index in [1.54, 1.807) is 0 Å². The van der Waals surface area contributed by atoms with Gasteiger partial charge >= 0.3 is 0 Å². The molecule has 0 aliphatic heterocycles. The Morgan fingerprint density at radius 1 is 1.05 bits per heavy atom. The summed E-state index contributed by atoms with van der Waals surface area (Å²) in [6, 6.07) is 17.8. The van der Waals surface area contributed by atoms with Gasteiger partial charge in [0.25, 0.3) is 0 Å². The molecule has 0 aromatic heterocycles. The Morgan fingerprint density at radius 3 is 2.60 bits per heavy atom. The third-order valence-corrected chi connectivity index (χ3v) is 4.56. The number of hydrogen-bond donors (Lipinski definition) is 1. The average molecular weight is 265 g/mol. The number of hydrogen-bond acceptors (Lipinski definition) is 1. The van der Waals surface area contributed by atoms with Crippen molar-refractivity contribution < 1.29 is 0 Å². The van der Waals surface area contributed by atoms with Crippen molar-refractivity contribution in [1.29, 1.82) is 0 Å². The van der Waals surface area contributed by atoms with Gasteiger partial charge in [-0.15, -0.1) is 0 Å². The Morgan fingerprint density at radius 2 is 1.80 bits per heavy atom. The van der Waals surface area contributed by atoms with Gasteiger partial charge in [-0.05, 0) is 55.2 Å². The van der Waals surface area contributed by atoms with Crippen LogP contribution in [0.1, 0.15) is 41.1 Å².